The van der Waals surface area contributed by atoms with Gasteiger partial charge in [-0.15, -0.1) is 0 Å². The van der Waals surface area contributed by atoms with Crippen molar-refractivity contribution in [2.45, 2.75) is 32.4 Å². The zero-order chi connectivity index (χ0) is 12.8. The molecule has 0 saturated heterocycles. The van der Waals surface area contributed by atoms with Crippen LogP contribution < -0.4 is 0 Å². The van der Waals surface area contributed by atoms with E-state index in [1.807, 2.05) is 6.92 Å². The van der Waals surface area contributed by atoms with E-state index in [4.69, 9.17) is 5.11 Å². The molecule has 1 unspecified atom stereocenters. The number of carbonyl (C=O) groups is 1. The fraction of sp³-hybridized carbons (Fsp3) is 0.462. The summed E-state index contributed by atoms with van der Waals surface area (Å²) in [6, 6.07) is 5.65. The summed E-state index contributed by atoms with van der Waals surface area (Å²) >= 11 is 0. The molecule has 0 saturated carbocycles. The lowest BCUT2D eigenvalue weighted by Crippen LogP contribution is -2.37. The zero-order valence-electron chi connectivity index (χ0n) is 10.2. The number of hydrogen-bond acceptors (Lipinski definition) is 2. The molecule has 0 aliphatic heterocycles. The number of carboxylic acids is 1. The first-order valence-electron chi connectivity index (χ1n) is 5.72. The number of aliphatic carboxylic acids is 1. The van der Waals surface area contributed by atoms with E-state index in [-0.39, 0.29) is 5.82 Å². The standard InChI is InChI=1S/C13H18FNO2/c1-3-4-12(13(16)17)15(2)9-10-5-7-11(14)8-6-10/h5-8,12H,3-4,9H2,1-2H3,(H,16,17). The van der Waals surface area contributed by atoms with Crippen LogP contribution in [0.15, 0.2) is 24.3 Å². The Kier molecular flexibility index (Phi) is 5.10. The minimum atomic E-state index is -0.809. The number of benzene rings is 1. The van der Waals surface area contributed by atoms with E-state index in [0.29, 0.717) is 13.0 Å². The SMILES string of the molecule is CCCC(C(=O)O)N(C)Cc1ccc(F)cc1. The molecular weight excluding hydrogens is 221 g/mol. The number of nitrogens with zero attached hydrogens (tertiary/aromatic N) is 1. The molecule has 1 aromatic carbocycles. The van der Waals surface area contributed by atoms with Gasteiger partial charge in [0, 0.05) is 6.54 Å². The molecule has 17 heavy (non-hydrogen) atoms. The van der Waals surface area contributed by atoms with Crippen molar-refractivity contribution in [3.05, 3.63) is 35.6 Å². The smallest absolute Gasteiger partial charge is 0.320 e. The van der Waals surface area contributed by atoms with Crippen molar-refractivity contribution in [2.75, 3.05) is 7.05 Å². The van der Waals surface area contributed by atoms with Crippen LogP contribution >= 0.6 is 0 Å². The molecule has 94 valence electrons. The third-order valence-corrected chi connectivity index (χ3v) is 2.72. The molecule has 0 aromatic heterocycles. The van der Waals surface area contributed by atoms with E-state index < -0.39 is 12.0 Å². The summed E-state index contributed by atoms with van der Waals surface area (Å²) in [5.74, 6) is -1.09. The average molecular weight is 239 g/mol. The molecule has 1 rings (SSSR count). The first-order valence-corrected chi connectivity index (χ1v) is 5.72. The molecular formula is C13H18FNO2. The first kappa shape index (κ1) is 13.6. The van der Waals surface area contributed by atoms with Crippen LogP contribution in [0.3, 0.4) is 0 Å². The van der Waals surface area contributed by atoms with Gasteiger partial charge in [-0.25, -0.2) is 4.39 Å². The van der Waals surface area contributed by atoms with E-state index in [1.165, 1.54) is 12.1 Å². The number of likely N-dealkylation sites (N-methyl/N-ethyl adjacent to an activating group) is 1. The number of carboxylic acid groups (broad SMARTS) is 1. The van der Waals surface area contributed by atoms with Crippen molar-refractivity contribution in [1.82, 2.24) is 4.90 Å². The Morgan fingerprint density at radius 1 is 1.41 bits per heavy atom. The van der Waals surface area contributed by atoms with Gasteiger partial charge < -0.3 is 5.11 Å². The van der Waals surface area contributed by atoms with Crippen molar-refractivity contribution >= 4 is 5.97 Å². The molecule has 0 fully saturated rings. The molecule has 1 aromatic rings. The second-order valence-electron chi connectivity index (χ2n) is 4.18. The zero-order valence-corrected chi connectivity index (χ0v) is 10.2. The molecule has 0 bridgehead atoms. The minimum absolute atomic E-state index is 0.278. The van der Waals surface area contributed by atoms with E-state index in [0.717, 1.165) is 12.0 Å². The quantitative estimate of drug-likeness (QED) is 0.829. The largest absolute Gasteiger partial charge is 0.480 e. The molecule has 0 spiro atoms. The van der Waals surface area contributed by atoms with E-state index in [9.17, 15) is 9.18 Å². The Morgan fingerprint density at radius 3 is 2.47 bits per heavy atom. The Balaban J connectivity index is 2.66. The van der Waals surface area contributed by atoms with Crippen LogP contribution in [0.5, 0.6) is 0 Å². The predicted molar refractivity (Wildman–Crippen MR) is 64.2 cm³/mol. The Morgan fingerprint density at radius 2 is 2.00 bits per heavy atom. The molecule has 0 aliphatic rings. The molecule has 3 nitrogen and oxygen atoms in total. The molecule has 1 N–H and O–H groups in total. The van der Waals surface area contributed by atoms with Gasteiger partial charge in [0.15, 0.2) is 0 Å². The van der Waals surface area contributed by atoms with Gasteiger partial charge in [-0.3, -0.25) is 9.69 Å². The molecule has 0 heterocycles. The summed E-state index contributed by atoms with van der Waals surface area (Å²) in [6.07, 6.45) is 1.44. The van der Waals surface area contributed by atoms with Crippen LogP contribution in [0.2, 0.25) is 0 Å². The van der Waals surface area contributed by atoms with Crippen molar-refractivity contribution in [3.8, 4) is 0 Å². The highest BCUT2D eigenvalue weighted by atomic mass is 19.1. The fourth-order valence-corrected chi connectivity index (χ4v) is 1.79. The lowest BCUT2D eigenvalue weighted by atomic mass is 10.1. The van der Waals surface area contributed by atoms with Crippen LogP contribution in [-0.2, 0) is 11.3 Å². The summed E-state index contributed by atoms with van der Waals surface area (Å²) < 4.78 is 12.7. The third kappa shape index (κ3) is 4.15. The molecule has 0 amide bonds. The Labute approximate surface area is 101 Å². The normalized spacial score (nSPS) is 12.7. The van der Waals surface area contributed by atoms with Gasteiger partial charge in [0.1, 0.15) is 11.9 Å². The molecule has 1 atom stereocenters. The van der Waals surface area contributed by atoms with Gasteiger partial charge in [0.25, 0.3) is 0 Å². The van der Waals surface area contributed by atoms with Gasteiger partial charge in [0.2, 0.25) is 0 Å². The van der Waals surface area contributed by atoms with Crippen LogP contribution in [0.1, 0.15) is 25.3 Å². The average Bonchev–Trinajstić information content (AvgIpc) is 2.28. The number of rotatable bonds is 6. The first-order chi connectivity index (χ1) is 8.04. The van der Waals surface area contributed by atoms with E-state index >= 15 is 0 Å². The van der Waals surface area contributed by atoms with Crippen LogP contribution in [-0.4, -0.2) is 29.1 Å². The van der Waals surface area contributed by atoms with Gasteiger partial charge in [-0.2, -0.15) is 0 Å². The summed E-state index contributed by atoms with van der Waals surface area (Å²) in [4.78, 5) is 12.9. The van der Waals surface area contributed by atoms with Gasteiger partial charge >= 0.3 is 5.97 Å². The molecule has 4 heteroatoms. The summed E-state index contributed by atoms with van der Waals surface area (Å²) in [6.45, 7) is 2.47. The maximum Gasteiger partial charge on any atom is 0.320 e. The molecule has 0 radical (unpaired) electrons. The van der Waals surface area contributed by atoms with Crippen LogP contribution in [0, 0.1) is 5.82 Å². The van der Waals surface area contributed by atoms with Crippen molar-refractivity contribution in [3.63, 3.8) is 0 Å². The fourth-order valence-electron chi connectivity index (χ4n) is 1.79. The third-order valence-electron chi connectivity index (χ3n) is 2.72. The maximum atomic E-state index is 12.7. The lowest BCUT2D eigenvalue weighted by molar-refractivity contribution is -0.143. The highest BCUT2D eigenvalue weighted by Crippen LogP contribution is 2.11. The highest BCUT2D eigenvalue weighted by molar-refractivity contribution is 5.73. The second-order valence-corrected chi connectivity index (χ2v) is 4.18. The monoisotopic (exact) mass is 239 g/mol. The summed E-state index contributed by atoms with van der Waals surface area (Å²) in [5, 5.41) is 9.10. The predicted octanol–water partition coefficient (Wildman–Crippen LogP) is 2.51. The van der Waals surface area contributed by atoms with Gasteiger partial charge in [-0.1, -0.05) is 25.5 Å². The van der Waals surface area contributed by atoms with Crippen molar-refractivity contribution in [2.24, 2.45) is 0 Å². The minimum Gasteiger partial charge on any atom is -0.480 e. The van der Waals surface area contributed by atoms with E-state index in [1.54, 1.807) is 24.1 Å². The lowest BCUT2D eigenvalue weighted by Gasteiger charge is -2.24. The van der Waals surface area contributed by atoms with Crippen molar-refractivity contribution in [1.29, 1.82) is 0 Å². The van der Waals surface area contributed by atoms with Crippen molar-refractivity contribution < 1.29 is 14.3 Å². The number of halogens is 1. The number of hydrogen-bond donors (Lipinski definition) is 1. The molecule has 0 aliphatic carbocycles. The maximum absolute atomic E-state index is 12.7. The Hall–Kier alpha value is -1.42. The topological polar surface area (TPSA) is 40.5 Å². The summed E-state index contributed by atoms with van der Waals surface area (Å²) in [7, 11) is 1.78. The van der Waals surface area contributed by atoms with E-state index in [2.05, 4.69) is 0 Å². The van der Waals surface area contributed by atoms with Gasteiger partial charge in [0.05, 0.1) is 0 Å². The Bertz CT molecular complexity index is 364. The van der Waals surface area contributed by atoms with Gasteiger partial charge in [-0.05, 0) is 31.2 Å². The second kappa shape index (κ2) is 6.35. The highest BCUT2D eigenvalue weighted by Gasteiger charge is 2.21. The van der Waals surface area contributed by atoms with Crippen LogP contribution in [0.4, 0.5) is 4.39 Å². The van der Waals surface area contributed by atoms with Crippen LogP contribution in [0.25, 0.3) is 0 Å². The summed E-state index contributed by atoms with van der Waals surface area (Å²) in [5.41, 5.74) is 0.913.